The van der Waals surface area contributed by atoms with E-state index < -0.39 is 0 Å². The number of aryl methyl sites for hydroxylation is 1. The van der Waals surface area contributed by atoms with E-state index in [4.69, 9.17) is 0 Å². The maximum atomic E-state index is 12.5. The summed E-state index contributed by atoms with van der Waals surface area (Å²) in [5, 5.41) is 3.94. The molecule has 5 heteroatoms. The average Bonchev–Trinajstić information content (AvgIpc) is 2.80. The summed E-state index contributed by atoms with van der Waals surface area (Å²) in [5.74, 6) is 0.772. The van der Waals surface area contributed by atoms with Gasteiger partial charge in [-0.2, -0.15) is 4.37 Å². The number of amides is 1. The lowest BCUT2D eigenvalue weighted by atomic mass is 9.89. The molecule has 1 aliphatic rings. The van der Waals surface area contributed by atoms with E-state index >= 15 is 0 Å². The van der Waals surface area contributed by atoms with Gasteiger partial charge in [-0.15, -0.1) is 0 Å². The number of rotatable bonds is 4. The Bertz CT molecular complexity index is 438. The topological polar surface area (TPSA) is 45.2 Å². The van der Waals surface area contributed by atoms with E-state index in [-0.39, 0.29) is 5.91 Å². The predicted octanol–water partition coefficient (Wildman–Crippen LogP) is 3.15. The summed E-state index contributed by atoms with van der Waals surface area (Å²) in [6, 6.07) is 0. The van der Waals surface area contributed by atoms with Gasteiger partial charge in [-0.1, -0.05) is 19.3 Å². The quantitative estimate of drug-likeness (QED) is 0.922. The summed E-state index contributed by atoms with van der Waals surface area (Å²) in [6.45, 7) is 2.77. The Hall–Kier alpha value is -1.10. The Labute approximate surface area is 119 Å². The number of hydrogen-bond acceptors (Lipinski definition) is 4. The maximum absolute atomic E-state index is 12.5. The molecule has 1 fully saturated rings. The van der Waals surface area contributed by atoms with Crippen LogP contribution in [0.5, 0.6) is 0 Å². The van der Waals surface area contributed by atoms with Gasteiger partial charge in [-0.25, -0.2) is 0 Å². The van der Waals surface area contributed by atoms with E-state index in [2.05, 4.69) is 9.69 Å². The highest BCUT2D eigenvalue weighted by Crippen LogP contribution is 2.27. The molecule has 0 saturated heterocycles. The van der Waals surface area contributed by atoms with Gasteiger partial charge in [-0.3, -0.25) is 4.79 Å². The molecule has 1 aromatic rings. The number of anilines is 1. The van der Waals surface area contributed by atoms with Crippen LogP contribution in [0.2, 0.25) is 0 Å². The zero-order valence-electron chi connectivity index (χ0n) is 12.0. The Morgan fingerprint density at radius 2 is 2.11 bits per heavy atom. The number of carbonyl (C=O) groups is 1. The molecule has 0 atom stereocenters. The number of aromatic nitrogens is 1. The first-order valence-corrected chi connectivity index (χ1v) is 7.80. The lowest BCUT2D eigenvalue weighted by Gasteiger charge is -2.27. The van der Waals surface area contributed by atoms with Crippen LogP contribution in [0, 0.1) is 12.8 Å². The lowest BCUT2D eigenvalue weighted by Crippen LogP contribution is -2.33. The first-order valence-electron chi connectivity index (χ1n) is 7.03. The predicted molar refractivity (Wildman–Crippen MR) is 79.9 cm³/mol. The van der Waals surface area contributed by atoms with Gasteiger partial charge in [0.25, 0.3) is 5.91 Å². The van der Waals surface area contributed by atoms with E-state index in [1.165, 1.54) is 43.6 Å². The van der Waals surface area contributed by atoms with Crippen LogP contribution in [-0.4, -0.2) is 35.8 Å². The molecule has 1 heterocycles. The van der Waals surface area contributed by atoms with Crippen LogP contribution in [-0.2, 0) is 0 Å². The molecule has 0 radical (unpaired) electrons. The molecule has 19 heavy (non-hydrogen) atoms. The third-order valence-electron chi connectivity index (χ3n) is 3.91. The Morgan fingerprint density at radius 3 is 2.74 bits per heavy atom. The van der Waals surface area contributed by atoms with Crippen molar-refractivity contribution in [1.29, 1.82) is 0 Å². The summed E-state index contributed by atoms with van der Waals surface area (Å²) in [7, 11) is 3.75. The minimum atomic E-state index is 0.0983. The van der Waals surface area contributed by atoms with E-state index in [1.54, 1.807) is 0 Å². The number of hydrogen-bond donors (Lipinski definition) is 1. The largest absolute Gasteiger partial charge is 0.378 e. The van der Waals surface area contributed by atoms with Crippen molar-refractivity contribution in [2.75, 3.05) is 26.0 Å². The molecule has 4 nitrogen and oxygen atoms in total. The molecular formula is C14H23N3OS. The third kappa shape index (κ3) is 3.26. The lowest BCUT2D eigenvalue weighted by molar-refractivity contribution is 0.0761. The zero-order chi connectivity index (χ0) is 13.8. The Kier molecular flexibility index (Phi) is 4.80. The molecule has 1 aliphatic carbocycles. The molecule has 0 aliphatic heterocycles. The van der Waals surface area contributed by atoms with Crippen LogP contribution in [0.4, 0.5) is 5.00 Å². The molecule has 0 aromatic carbocycles. The van der Waals surface area contributed by atoms with Crippen molar-refractivity contribution < 1.29 is 4.79 Å². The fourth-order valence-corrected chi connectivity index (χ4v) is 3.56. The van der Waals surface area contributed by atoms with Gasteiger partial charge in [0.1, 0.15) is 5.00 Å². The molecule has 0 spiro atoms. The average molecular weight is 281 g/mol. The van der Waals surface area contributed by atoms with Crippen LogP contribution in [0.15, 0.2) is 0 Å². The van der Waals surface area contributed by atoms with Gasteiger partial charge in [-0.05, 0) is 37.2 Å². The first kappa shape index (κ1) is 14.3. The second-order valence-corrected chi connectivity index (χ2v) is 6.19. The van der Waals surface area contributed by atoms with E-state index in [0.717, 1.165) is 22.8 Å². The molecular weight excluding hydrogens is 258 g/mol. The van der Waals surface area contributed by atoms with Gasteiger partial charge >= 0.3 is 0 Å². The van der Waals surface area contributed by atoms with E-state index in [1.807, 2.05) is 25.9 Å². The number of nitrogens with one attached hydrogen (secondary N) is 1. The summed E-state index contributed by atoms with van der Waals surface area (Å²) in [4.78, 5) is 14.4. The minimum absolute atomic E-state index is 0.0983. The first-order chi connectivity index (χ1) is 9.13. The third-order valence-corrected chi connectivity index (χ3v) is 4.86. The zero-order valence-corrected chi connectivity index (χ0v) is 12.8. The van der Waals surface area contributed by atoms with E-state index in [9.17, 15) is 4.79 Å². The second kappa shape index (κ2) is 6.37. The molecule has 1 saturated carbocycles. The highest BCUT2D eigenvalue weighted by Gasteiger charge is 2.23. The minimum Gasteiger partial charge on any atom is -0.378 e. The van der Waals surface area contributed by atoms with Crippen molar-refractivity contribution in [2.45, 2.75) is 39.0 Å². The normalized spacial score (nSPS) is 16.4. The van der Waals surface area contributed by atoms with Crippen LogP contribution in [0.1, 0.15) is 48.2 Å². The van der Waals surface area contributed by atoms with E-state index in [0.29, 0.717) is 5.92 Å². The van der Waals surface area contributed by atoms with Gasteiger partial charge in [0, 0.05) is 20.6 Å². The molecule has 1 N–H and O–H groups in total. The summed E-state index contributed by atoms with van der Waals surface area (Å²) in [5.41, 5.74) is 1.57. The van der Waals surface area contributed by atoms with Gasteiger partial charge in [0.15, 0.2) is 0 Å². The van der Waals surface area contributed by atoms with Crippen molar-refractivity contribution in [3.05, 3.63) is 11.3 Å². The van der Waals surface area contributed by atoms with Crippen molar-refractivity contribution >= 4 is 22.4 Å². The molecule has 106 valence electrons. The number of carbonyl (C=O) groups excluding carboxylic acids is 1. The standard InChI is InChI=1S/C14H23N3OS/c1-10-12(13(15-2)19-16-10)14(18)17(3)9-11-7-5-4-6-8-11/h11,15H,4-9H2,1-3H3. The second-order valence-electron chi connectivity index (χ2n) is 5.41. The maximum Gasteiger partial charge on any atom is 0.258 e. The van der Waals surface area contributed by atoms with Gasteiger partial charge in [0.05, 0.1) is 11.3 Å². The monoisotopic (exact) mass is 281 g/mol. The highest BCUT2D eigenvalue weighted by atomic mass is 32.1. The molecule has 2 rings (SSSR count). The van der Waals surface area contributed by atoms with Crippen LogP contribution in [0.25, 0.3) is 0 Å². The summed E-state index contributed by atoms with van der Waals surface area (Å²) >= 11 is 1.36. The van der Waals surface area contributed by atoms with Crippen molar-refractivity contribution in [3.8, 4) is 0 Å². The van der Waals surface area contributed by atoms with Gasteiger partial charge in [0.2, 0.25) is 0 Å². The Morgan fingerprint density at radius 1 is 1.42 bits per heavy atom. The van der Waals surface area contributed by atoms with Crippen LogP contribution >= 0.6 is 11.5 Å². The molecule has 1 aromatic heterocycles. The fourth-order valence-electron chi connectivity index (χ4n) is 2.82. The number of nitrogens with zero attached hydrogens (tertiary/aromatic N) is 2. The summed E-state index contributed by atoms with van der Waals surface area (Å²) in [6.07, 6.45) is 6.50. The van der Waals surface area contributed by atoms with Crippen molar-refractivity contribution in [3.63, 3.8) is 0 Å². The molecule has 1 amide bonds. The van der Waals surface area contributed by atoms with Crippen LogP contribution < -0.4 is 5.32 Å². The SMILES string of the molecule is CNc1snc(C)c1C(=O)N(C)CC1CCCCC1. The van der Waals surface area contributed by atoms with Crippen molar-refractivity contribution in [2.24, 2.45) is 5.92 Å². The molecule has 0 unspecified atom stereocenters. The van der Waals surface area contributed by atoms with Gasteiger partial charge < -0.3 is 10.2 Å². The summed E-state index contributed by atoms with van der Waals surface area (Å²) < 4.78 is 4.27. The van der Waals surface area contributed by atoms with Crippen molar-refractivity contribution in [1.82, 2.24) is 9.27 Å². The van der Waals surface area contributed by atoms with Crippen LogP contribution in [0.3, 0.4) is 0 Å². The Balaban J connectivity index is 2.03. The highest BCUT2D eigenvalue weighted by molar-refractivity contribution is 7.10. The fraction of sp³-hybridized carbons (Fsp3) is 0.714. The molecule has 0 bridgehead atoms. The smallest absolute Gasteiger partial charge is 0.258 e.